The molecular weight excluding hydrogens is 379 g/mol. The number of rotatable bonds is 3. The van der Waals surface area contributed by atoms with Gasteiger partial charge in [-0.2, -0.15) is 0 Å². The Morgan fingerprint density at radius 1 is 1.10 bits per heavy atom. The smallest absolute Gasteiger partial charge is 0.262 e. The third kappa shape index (κ3) is 3.67. The second-order valence-electron chi connectivity index (χ2n) is 7.88. The van der Waals surface area contributed by atoms with Gasteiger partial charge in [0.05, 0.1) is 11.1 Å². The first kappa shape index (κ1) is 19.7. The summed E-state index contributed by atoms with van der Waals surface area (Å²) in [6.07, 6.45) is 0.534. The number of piperidine rings is 1. The summed E-state index contributed by atoms with van der Waals surface area (Å²) < 4.78 is 14.1. The van der Waals surface area contributed by atoms with Crippen molar-refractivity contribution in [1.29, 1.82) is 0 Å². The minimum Gasteiger partial charge on any atom is -0.325 e. The Hall–Kier alpha value is -2.65. The first-order chi connectivity index (χ1) is 13.8. The lowest BCUT2D eigenvalue weighted by molar-refractivity contribution is -0.136. The fourth-order valence-electron chi connectivity index (χ4n) is 4.22. The van der Waals surface area contributed by atoms with Gasteiger partial charge in [0.25, 0.3) is 11.8 Å². The van der Waals surface area contributed by atoms with Gasteiger partial charge in [0, 0.05) is 25.6 Å². The zero-order valence-electron chi connectivity index (χ0n) is 15.9. The van der Waals surface area contributed by atoms with Gasteiger partial charge in [0.1, 0.15) is 12.2 Å². The first-order valence-corrected chi connectivity index (χ1v) is 9.81. The number of nitrogens with zero attached hydrogens (tertiary/aromatic N) is 2. The molecule has 0 aliphatic carbocycles. The van der Waals surface area contributed by atoms with E-state index in [4.69, 9.17) is 5.73 Å². The summed E-state index contributed by atoms with van der Waals surface area (Å²) in [7, 11) is 0. The lowest BCUT2D eigenvalue weighted by atomic mass is 10.0. The van der Waals surface area contributed by atoms with Crippen molar-refractivity contribution in [2.45, 2.75) is 50.5 Å². The van der Waals surface area contributed by atoms with Crippen LogP contribution in [0.3, 0.4) is 0 Å². The molecule has 0 saturated carbocycles. The van der Waals surface area contributed by atoms with E-state index in [9.17, 15) is 23.6 Å². The van der Waals surface area contributed by atoms with Crippen LogP contribution in [-0.4, -0.2) is 64.8 Å². The normalized spacial score (nSPS) is 28.3. The van der Waals surface area contributed by atoms with Crippen molar-refractivity contribution in [3.63, 3.8) is 0 Å². The van der Waals surface area contributed by atoms with Crippen LogP contribution < -0.4 is 11.1 Å². The molecule has 0 aromatic heterocycles. The lowest BCUT2D eigenvalue weighted by Gasteiger charge is -2.27. The van der Waals surface area contributed by atoms with Gasteiger partial charge in [0.15, 0.2) is 0 Å². The van der Waals surface area contributed by atoms with E-state index >= 15 is 0 Å². The molecule has 3 aliphatic rings. The SMILES string of the molecule is NC1CCCN(Cc2ccc3c(c2)C(=O)N(C2CCC(=O)NC2=O)C3=O)CC1F. The van der Waals surface area contributed by atoms with Crippen LogP contribution in [0.5, 0.6) is 0 Å². The van der Waals surface area contributed by atoms with Gasteiger partial charge in [-0.1, -0.05) is 6.07 Å². The predicted octanol–water partition coefficient (Wildman–Crippen LogP) is 0.349. The molecule has 8 nitrogen and oxygen atoms in total. The lowest BCUT2D eigenvalue weighted by Crippen LogP contribution is -2.54. The number of imide groups is 2. The number of fused-ring (bicyclic) bond motifs is 1. The highest BCUT2D eigenvalue weighted by Crippen LogP contribution is 2.29. The van der Waals surface area contributed by atoms with E-state index in [1.165, 1.54) is 0 Å². The average molecular weight is 402 g/mol. The number of alkyl halides is 1. The number of hydrogen-bond acceptors (Lipinski definition) is 6. The molecule has 3 heterocycles. The van der Waals surface area contributed by atoms with Crippen molar-refractivity contribution in [2.75, 3.05) is 13.1 Å². The molecule has 1 aromatic carbocycles. The zero-order valence-corrected chi connectivity index (χ0v) is 15.9. The Kier molecular flexibility index (Phi) is 5.18. The highest BCUT2D eigenvalue weighted by atomic mass is 19.1. The van der Waals surface area contributed by atoms with Crippen LogP contribution in [0.15, 0.2) is 18.2 Å². The van der Waals surface area contributed by atoms with Crippen molar-refractivity contribution in [1.82, 2.24) is 15.1 Å². The largest absolute Gasteiger partial charge is 0.325 e. The Morgan fingerprint density at radius 2 is 1.86 bits per heavy atom. The summed E-state index contributed by atoms with van der Waals surface area (Å²) in [5.41, 5.74) is 7.07. The van der Waals surface area contributed by atoms with Crippen LogP contribution in [0.25, 0.3) is 0 Å². The first-order valence-electron chi connectivity index (χ1n) is 9.81. The van der Waals surface area contributed by atoms with Crippen molar-refractivity contribution >= 4 is 23.6 Å². The van der Waals surface area contributed by atoms with Crippen LogP contribution in [-0.2, 0) is 16.1 Å². The summed E-state index contributed by atoms with van der Waals surface area (Å²) in [5, 5.41) is 2.18. The molecule has 1 aromatic rings. The molecule has 3 atom stereocenters. The van der Waals surface area contributed by atoms with Crippen LogP contribution in [0.1, 0.15) is 52.0 Å². The van der Waals surface area contributed by atoms with Gasteiger partial charge in [-0.25, -0.2) is 4.39 Å². The molecule has 9 heteroatoms. The molecular formula is C20H23FN4O4. The third-order valence-electron chi connectivity index (χ3n) is 5.82. The van der Waals surface area contributed by atoms with E-state index in [-0.39, 0.29) is 30.5 Å². The molecule has 29 heavy (non-hydrogen) atoms. The Bertz CT molecular complexity index is 889. The van der Waals surface area contributed by atoms with E-state index in [0.717, 1.165) is 16.9 Å². The quantitative estimate of drug-likeness (QED) is 0.706. The number of halogens is 1. The molecule has 0 bridgehead atoms. The number of benzene rings is 1. The summed E-state index contributed by atoms with van der Waals surface area (Å²) in [5.74, 6) is -2.11. The van der Waals surface area contributed by atoms with Crippen molar-refractivity contribution < 1.29 is 23.6 Å². The summed E-state index contributed by atoms with van der Waals surface area (Å²) in [4.78, 5) is 52.0. The van der Waals surface area contributed by atoms with E-state index in [1.807, 2.05) is 4.90 Å². The van der Waals surface area contributed by atoms with Gasteiger partial charge in [-0.05, 0) is 43.5 Å². The minimum atomic E-state index is -1.10. The number of likely N-dealkylation sites (tertiary alicyclic amines) is 1. The second-order valence-corrected chi connectivity index (χ2v) is 7.88. The molecule has 4 rings (SSSR count). The van der Waals surface area contributed by atoms with E-state index < -0.39 is 41.9 Å². The Balaban J connectivity index is 1.53. The zero-order chi connectivity index (χ0) is 20.7. The van der Waals surface area contributed by atoms with Crippen LogP contribution in [0, 0.1) is 0 Å². The third-order valence-corrected chi connectivity index (χ3v) is 5.82. The predicted molar refractivity (Wildman–Crippen MR) is 100 cm³/mol. The molecule has 4 amide bonds. The van der Waals surface area contributed by atoms with E-state index in [2.05, 4.69) is 5.32 Å². The van der Waals surface area contributed by atoms with Gasteiger partial charge in [-0.3, -0.25) is 34.3 Å². The maximum Gasteiger partial charge on any atom is 0.262 e. The molecule has 3 N–H and O–H groups in total. The summed E-state index contributed by atoms with van der Waals surface area (Å²) in [6.45, 7) is 1.38. The van der Waals surface area contributed by atoms with Crippen molar-refractivity contribution in [3.8, 4) is 0 Å². The molecule has 3 unspecified atom stereocenters. The van der Waals surface area contributed by atoms with Crippen LogP contribution >= 0.6 is 0 Å². The standard InChI is InChI=1S/C20H23FN4O4/c21-14-10-24(7-1-2-15(14)22)9-11-3-4-12-13(8-11)20(29)25(19(12)28)16-5-6-17(26)23-18(16)27/h3-4,8,14-16H,1-2,5-7,9-10,22H2,(H,23,26,27). The van der Waals surface area contributed by atoms with Gasteiger partial charge < -0.3 is 5.73 Å². The number of nitrogens with two attached hydrogens (primary N) is 1. The molecule has 2 saturated heterocycles. The average Bonchev–Trinajstić information content (AvgIpc) is 2.80. The Morgan fingerprint density at radius 3 is 2.62 bits per heavy atom. The van der Waals surface area contributed by atoms with E-state index in [1.54, 1.807) is 18.2 Å². The van der Waals surface area contributed by atoms with Gasteiger partial charge in [0.2, 0.25) is 11.8 Å². The fourth-order valence-corrected chi connectivity index (χ4v) is 4.22. The van der Waals surface area contributed by atoms with Crippen molar-refractivity contribution in [2.24, 2.45) is 5.73 Å². The molecule has 3 aliphatic heterocycles. The number of carbonyl (C=O) groups excluding carboxylic acids is 4. The Labute approximate surface area is 167 Å². The van der Waals surface area contributed by atoms with Crippen LogP contribution in [0.2, 0.25) is 0 Å². The number of nitrogens with one attached hydrogen (secondary N) is 1. The maximum atomic E-state index is 14.1. The number of carbonyl (C=O) groups is 4. The molecule has 154 valence electrons. The van der Waals surface area contributed by atoms with Gasteiger partial charge >= 0.3 is 0 Å². The maximum absolute atomic E-state index is 14.1. The van der Waals surface area contributed by atoms with Gasteiger partial charge in [-0.15, -0.1) is 0 Å². The van der Waals surface area contributed by atoms with Crippen molar-refractivity contribution in [3.05, 3.63) is 34.9 Å². The summed E-state index contributed by atoms with van der Waals surface area (Å²) in [6, 6.07) is 3.52. The molecule has 0 radical (unpaired) electrons. The highest BCUT2D eigenvalue weighted by molar-refractivity contribution is 6.23. The van der Waals surface area contributed by atoms with E-state index in [0.29, 0.717) is 19.5 Å². The topological polar surface area (TPSA) is 113 Å². The molecule has 2 fully saturated rings. The fraction of sp³-hybridized carbons (Fsp3) is 0.500. The number of amides is 4. The minimum absolute atomic E-state index is 0.0799. The number of hydrogen-bond donors (Lipinski definition) is 2. The summed E-state index contributed by atoms with van der Waals surface area (Å²) >= 11 is 0. The van der Waals surface area contributed by atoms with Crippen LogP contribution in [0.4, 0.5) is 4.39 Å². The monoisotopic (exact) mass is 402 g/mol. The molecule has 0 spiro atoms. The highest BCUT2D eigenvalue weighted by Gasteiger charge is 2.44. The second kappa shape index (κ2) is 7.64.